The zero-order chi connectivity index (χ0) is 25.3. The molecule has 0 N–H and O–H groups in total. The Labute approximate surface area is 197 Å². The fourth-order valence-electron chi connectivity index (χ4n) is 4.11. The number of alkyl halides is 3. The van der Waals surface area contributed by atoms with Gasteiger partial charge in [0.1, 0.15) is 23.3 Å². The minimum Gasteiger partial charge on any atom is -0.206 e. The number of rotatable bonds is 3. The number of benzene rings is 3. The second-order valence-corrected chi connectivity index (χ2v) is 8.53. The second kappa shape index (κ2) is 9.61. The van der Waals surface area contributed by atoms with Gasteiger partial charge in [-0.25, -0.2) is 17.6 Å². The van der Waals surface area contributed by atoms with Gasteiger partial charge in [-0.1, -0.05) is 41.9 Å². The van der Waals surface area contributed by atoms with E-state index in [4.69, 9.17) is 0 Å². The summed E-state index contributed by atoms with van der Waals surface area (Å²) in [6.45, 7) is 2.07. The Bertz CT molecular complexity index is 1390. The Morgan fingerprint density at radius 3 is 2.29 bits per heavy atom. The maximum absolute atomic E-state index is 14.9. The zero-order valence-corrected chi connectivity index (χ0v) is 18.5. The topological polar surface area (TPSA) is 0 Å². The molecule has 1 aliphatic carbocycles. The van der Waals surface area contributed by atoms with E-state index in [1.54, 1.807) is 6.08 Å². The lowest BCUT2D eigenvalue weighted by Gasteiger charge is -2.16. The summed E-state index contributed by atoms with van der Waals surface area (Å²) in [7, 11) is 0. The van der Waals surface area contributed by atoms with E-state index in [1.165, 1.54) is 35.8 Å². The van der Waals surface area contributed by atoms with Crippen molar-refractivity contribution in [1.82, 2.24) is 0 Å². The lowest BCUT2D eigenvalue weighted by molar-refractivity contribution is -0.0696. The van der Waals surface area contributed by atoms with E-state index < -0.39 is 35.0 Å². The Balaban J connectivity index is 1.68. The molecule has 1 aliphatic rings. The van der Waals surface area contributed by atoms with Gasteiger partial charge in [0.15, 0.2) is 0 Å². The molecule has 180 valence electrons. The third-order valence-corrected chi connectivity index (χ3v) is 5.95. The molecule has 0 aromatic heterocycles. The first-order chi connectivity index (χ1) is 16.5. The van der Waals surface area contributed by atoms with Gasteiger partial charge in [0.2, 0.25) is 0 Å². The van der Waals surface area contributed by atoms with E-state index in [9.17, 15) is 30.7 Å². The second-order valence-electron chi connectivity index (χ2n) is 8.53. The molecule has 35 heavy (non-hydrogen) atoms. The summed E-state index contributed by atoms with van der Waals surface area (Å²) >= 11 is 0. The van der Waals surface area contributed by atoms with Crippen molar-refractivity contribution in [2.75, 3.05) is 0 Å². The molecule has 0 nitrogen and oxygen atoms in total. The fourth-order valence-corrected chi connectivity index (χ4v) is 4.11. The van der Waals surface area contributed by atoms with Crippen LogP contribution < -0.4 is 0 Å². The van der Waals surface area contributed by atoms with Crippen LogP contribution in [0.25, 0.3) is 28.0 Å². The molecule has 1 unspecified atom stereocenters. The molecule has 7 heteroatoms. The summed E-state index contributed by atoms with van der Waals surface area (Å²) in [5, 5.41) is -0.294. The fraction of sp³-hybridized carbons (Fsp3) is 0.214. The SMILES string of the molecule is CC1=CCC(/C=C/c2cc(F)c(-c3ccc4c(F)c(C#CC(F)(F)F)c(F)cc4c3)c(F)c2)CC1. The van der Waals surface area contributed by atoms with Crippen LogP contribution in [0.15, 0.2) is 54.1 Å². The lowest BCUT2D eigenvalue weighted by Crippen LogP contribution is -2.02. The number of hydrogen-bond acceptors (Lipinski definition) is 0. The van der Waals surface area contributed by atoms with Gasteiger partial charge in [0.05, 0.1) is 11.1 Å². The first-order valence-electron chi connectivity index (χ1n) is 10.9. The van der Waals surface area contributed by atoms with Gasteiger partial charge in [-0.2, -0.15) is 13.2 Å². The quantitative estimate of drug-likeness (QED) is 0.196. The van der Waals surface area contributed by atoms with Gasteiger partial charge in [-0.05, 0) is 72.9 Å². The molecule has 0 heterocycles. The number of hydrogen-bond donors (Lipinski definition) is 0. The number of fused-ring (bicyclic) bond motifs is 1. The van der Waals surface area contributed by atoms with Crippen LogP contribution in [-0.4, -0.2) is 6.18 Å². The van der Waals surface area contributed by atoms with Crippen molar-refractivity contribution in [3.05, 3.63) is 88.5 Å². The zero-order valence-electron chi connectivity index (χ0n) is 18.5. The number of halogens is 7. The van der Waals surface area contributed by atoms with Crippen LogP contribution in [0.3, 0.4) is 0 Å². The van der Waals surface area contributed by atoms with Crippen molar-refractivity contribution in [2.45, 2.75) is 32.4 Å². The Morgan fingerprint density at radius 1 is 0.943 bits per heavy atom. The van der Waals surface area contributed by atoms with E-state index in [2.05, 4.69) is 13.0 Å². The average Bonchev–Trinajstić information content (AvgIpc) is 2.77. The molecule has 4 rings (SSSR count). The van der Waals surface area contributed by atoms with Crippen LogP contribution in [0, 0.1) is 41.0 Å². The van der Waals surface area contributed by atoms with E-state index in [0.29, 0.717) is 11.5 Å². The summed E-state index contributed by atoms with van der Waals surface area (Å²) < 4.78 is 95.7. The standard InChI is InChI=1S/C28H19F7/c1-16-2-4-17(5-3-16)6-7-18-12-24(30)26(25(31)13-18)19-8-9-21-20(14-19)15-23(29)22(27(21)32)10-11-28(33,34)35/h2,6-9,12-15,17H,3-5H2,1H3/b7-6+. The van der Waals surface area contributed by atoms with Crippen LogP contribution in [0.4, 0.5) is 30.7 Å². The van der Waals surface area contributed by atoms with Gasteiger partial charge in [0, 0.05) is 11.3 Å². The summed E-state index contributed by atoms with van der Waals surface area (Å²) in [4.78, 5) is 0. The lowest BCUT2D eigenvalue weighted by atomic mass is 9.89. The Hall–Kier alpha value is -3.53. The van der Waals surface area contributed by atoms with Crippen molar-refractivity contribution in [3.8, 4) is 23.0 Å². The van der Waals surface area contributed by atoms with Crippen LogP contribution in [0.5, 0.6) is 0 Å². The molecule has 3 aromatic rings. The molecular weight excluding hydrogens is 469 g/mol. The van der Waals surface area contributed by atoms with Crippen LogP contribution in [-0.2, 0) is 0 Å². The van der Waals surface area contributed by atoms with Crippen LogP contribution >= 0.6 is 0 Å². The first kappa shape index (κ1) is 24.6. The Morgan fingerprint density at radius 2 is 1.66 bits per heavy atom. The maximum Gasteiger partial charge on any atom is 0.458 e. The highest BCUT2D eigenvalue weighted by Crippen LogP contribution is 2.33. The molecule has 0 fully saturated rings. The van der Waals surface area contributed by atoms with Crippen molar-refractivity contribution in [2.24, 2.45) is 5.92 Å². The van der Waals surface area contributed by atoms with E-state index >= 15 is 0 Å². The van der Waals surface area contributed by atoms with Gasteiger partial charge in [0.25, 0.3) is 0 Å². The van der Waals surface area contributed by atoms with Crippen LogP contribution in [0.2, 0.25) is 0 Å². The van der Waals surface area contributed by atoms with Gasteiger partial charge in [-0.3, -0.25) is 0 Å². The van der Waals surface area contributed by atoms with Gasteiger partial charge >= 0.3 is 6.18 Å². The minimum absolute atomic E-state index is 0.0313. The molecule has 0 radical (unpaired) electrons. The monoisotopic (exact) mass is 488 g/mol. The smallest absolute Gasteiger partial charge is 0.206 e. The predicted molar refractivity (Wildman–Crippen MR) is 122 cm³/mol. The van der Waals surface area contributed by atoms with Crippen molar-refractivity contribution in [1.29, 1.82) is 0 Å². The Kier molecular flexibility index (Phi) is 6.75. The third-order valence-electron chi connectivity index (χ3n) is 5.95. The van der Waals surface area contributed by atoms with Crippen LogP contribution in [0.1, 0.15) is 37.3 Å². The normalized spacial score (nSPS) is 16.3. The predicted octanol–water partition coefficient (Wildman–Crippen LogP) is 8.74. The molecule has 0 bridgehead atoms. The molecule has 1 atom stereocenters. The molecule has 3 aromatic carbocycles. The summed E-state index contributed by atoms with van der Waals surface area (Å²) in [6.07, 6.45) is 3.66. The van der Waals surface area contributed by atoms with Crippen molar-refractivity contribution in [3.63, 3.8) is 0 Å². The molecule has 0 spiro atoms. The molecule has 0 aliphatic heterocycles. The van der Waals surface area contributed by atoms with E-state index in [0.717, 1.165) is 37.3 Å². The maximum atomic E-state index is 14.9. The number of allylic oxidation sites excluding steroid dienone is 3. The first-order valence-corrected chi connectivity index (χ1v) is 10.9. The highest BCUT2D eigenvalue weighted by atomic mass is 19.4. The molecule has 0 saturated carbocycles. The van der Waals surface area contributed by atoms with Gasteiger partial charge < -0.3 is 0 Å². The van der Waals surface area contributed by atoms with Crippen molar-refractivity contribution < 1.29 is 30.7 Å². The third kappa shape index (κ3) is 5.59. The highest BCUT2D eigenvalue weighted by molar-refractivity contribution is 5.89. The highest BCUT2D eigenvalue weighted by Gasteiger charge is 2.24. The largest absolute Gasteiger partial charge is 0.458 e. The molecular formula is C28H19F7. The van der Waals surface area contributed by atoms with E-state index in [-0.39, 0.29) is 21.9 Å². The summed E-state index contributed by atoms with van der Waals surface area (Å²) in [6, 6.07) is 6.67. The molecule has 0 saturated heterocycles. The molecule has 0 amide bonds. The summed E-state index contributed by atoms with van der Waals surface area (Å²) in [5.74, 6) is -1.69. The average molecular weight is 488 g/mol. The van der Waals surface area contributed by atoms with E-state index in [1.807, 2.05) is 6.08 Å². The van der Waals surface area contributed by atoms with Crippen molar-refractivity contribution >= 4 is 16.8 Å². The summed E-state index contributed by atoms with van der Waals surface area (Å²) in [5.41, 5.74) is 0.308. The minimum atomic E-state index is -4.92. The van der Waals surface area contributed by atoms with Gasteiger partial charge in [-0.15, -0.1) is 0 Å².